The number of likely N-dealkylation sites (tertiary alicyclic amines) is 1. The predicted octanol–water partition coefficient (Wildman–Crippen LogP) is 2.59. The fourth-order valence-electron chi connectivity index (χ4n) is 4.10. The van der Waals surface area contributed by atoms with Gasteiger partial charge in [-0.1, -0.05) is 29.8 Å². The molecule has 148 valence electrons. The van der Waals surface area contributed by atoms with Crippen molar-refractivity contribution in [2.45, 2.75) is 45.4 Å². The number of aliphatic hydroxyl groups is 2. The SMILES string of the molecule is Cc1ccc(-c2c(C)sc3nc(CN4CCCC4C(O)CO)[nH]c(=O)c23)cc1. The lowest BCUT2D eigenvalue weighted by molar-refractivity contribution is 0.0243. The summed E-state index contributed by atoms with van der Waals surface area (Å²) in [5.74, 6) is 0.603. The van der Waals surface area contributed by atoms with E-state index in [-0.39, 0.29) is 18.2 Å². The van der Waals surface area contributed by atoms with Crippen LogP contribution >= 0.6 is 11.3 Å². The van der Waals surface area contributed by atoms with E-state index in [9.17, 15) is 15.0 Å². The van der Waals surface area contributed by atoms with Crippen LogP contribution in [0.1, 0.15) is 29.1 Å². The topological polar surface area (TPSA) is 89.4 Å². The van der Waals surface area contributed by atoms with Gasteiger partial charge in [-0.2, -0.15) is 0 Å². The van der Waals surface area contributed by atoms with E-state index in [0.29, 0.717) is 17.8 Å². The highest BCUT2D eigenvalue weighted by atomic mass is 32.1. The third-order valence-corrected chi connectivity index (χ3v) is 6.52. The van der Waals surface area contributed by atoms with E-state index in [4.69, 9.17) is 4.98 Å². The van der Waals surface area contributed by atoms with Gasteiger partial charge in [0.15, 0.2) is 0 Å². The summed E-state index contributed by atoms with van der Waals surface area (Å²) in [6.45, 7) is 5.09. The van der Waals surface area contributed by atoms with Gasteiger partial charge in [0.25, 0.3) is 5.56 Å². The number of hydrogen-bond acceptors (Lipinski definition) is 6. The quantitative estimate of drug-likeness (QED) is 0.614. The van der Waals surface area contributed by atoms with Crippen molar-refractivity contribution in [3.63, 3.8) is 0 Å². The molecule has 3 heterocycles. The van der Waals surface area contributed by atoms with Crippen molar-refractivity contribution in [2.75, 3.05) is 13.2 Å². The molecule has 4 rings (SSSR count). The van der Waals surface area contributed by atoms with Crippen LogP contribution in [-0.2, 0) is 6.54 Å². The Morgan fingerprint density at radius 1 is 1.32 bits per heavy atom. The summed E-state index contributed by atoms with van der Waals surface area (Å²) in [5, 5.41) is 20.0. The molecule has 1 fully saturated rings. The molecule has 3 aromatic rings. The molecule has 6 nitrogen and oxygen atoms in total. The van der Waals surface area contributed by atoms with Crippen LogP contribution in [0.5, 0.6) is 0 Å². The number of aliphatic hydroxyl groups excluding tert-OH is 2. The molecule has 28 heavy (non-hydrogen) atoms. The van der Waals surface area contributed by atoms with Crippen molar-refractivity contribution >= 4 is 21.6 Å². The summed E-state index contributed by atoms with van der Waals surface area (Å²) >= 11 is 1.54. The van der Waals surface area contributed by atoms with Crippen LogP contribution in [0, 0.1) is 13.8 Å². The fraction of sp³-hybridized carbons (Fsp3) is 0.429. The minimum Gasteiger partial charge on any atom is -0.394 e. The van der Waals surface area contributed by atoms with Gasteiger partial charge in [0.1, 0.15) is 10.7 Å². The minimum absolute atomic E-state index is 0.0980. The number of rotatable bonds is 5. The average Bonchev–Trinajstić information content (AvgIpc) is 3.26. The lowest BCUT2D eigenvalue weighted by Gasteiger charge is -2.26. The number of nitrogens with one attached hydrogen (secondary N) is 1. The molecule has 1 aliphatic rings. The largest absolute Gasteiger partial charge is 0.394 e. The highest BCUT2D eigenvalue weighted by molar-refractivity contribution is 7.19. The second-order valence-corrected chi connectivity index (χ2v) is 8.73. The van der Waals surface area contributed by atoms with Gasteiger partial charge < -0.3 is 15.2 Å². The number of hydrogen-bond donors (Lipinski definition) is 3. The summed E-state index contributed by atoms with van der Waals surface area (Å²) in [6, 6.07) is 8.09. The summed E-state index contributed by atoms with van der Waals surface area (Å²) in [5.41, 5.74) is 3.04. The molecule has 0 bridgehead atoms. The minimum atomic E-state index is -0.768. The maximum absolute atomic E-state index is 12.9. The number of thiophene rings is 1. The second-order valence-electron chi connectivity index (χ2n) is 7.52. The Morgan fingerprint density at radius 3 is 2.79 bits per heavy atom. The zero-order valence-electron chi connectivity index (χ0n) is 16.1. The number of fused-ring (bicyclic) bond motifs is 1. The molecular formula is C21H25N3O3S. The molecule has 0 aliphatic carbocycles. The molecule has 2 atom stereocenters. The Balaban J connectivity index is 1.70. The number of aromatic nitrogens is 2. The second kappa shape index (κ2) is 7.75. The van der Waals surface area contributed by atoms with Crippen molar-refractivity contribution in [2.24, 2.45) is 0 Å². The van der Waals surface area contributed by atoms with E-state index in [2.05, 4.69) is 9.88 Å². The van der Waals surface area contributed by atoms with E-state index in [1.165, 1.54) is 16.9 Å². The third kappa shape index (κ3) is 3.51. The molecule has 1 saturated heterocycles. The van der Waals surface area contributed by atoms with Gasteiger partial charge >= 0.3 is 0 Å². The fourth-order valence-corrected chi connectivity index (χ4v) is 5.17. The van der Waals surface area contributed by atoms with E-state index in [0.717, 1.165) is 40.2 Å². The molecule has 3 N–H and O–H groups in total. The third-order valence-electron chi connectivity index (χ3n) is 5.53. The molecule has 0 saturated carbocycles. The average molecular weight is 400 g/mol. The van der Waals surface area contributed by atoms with E-state index < -0.39 is 6.10 Å². The normalized spacial score (nSPS) is 18.8. The van der Waals surface area contributed by atoms with Crippen molar-refractivity contribution in [3.05, 3.63) is 50.9 Å². The zero-order valence-corrected chi connectivity index (χ0v) is 16.9. The standard InChI is InChI=1S/C21H25N3O3S/c1-12-5-7-14(8-6-12)18-13(2)28-21-19(18)20(27)22-17(23-21)10-24-9-3-4-15(24)16(26)11-25/h5-8,15-16,25-26H,3-4,9-11H2,1-2H3,(H,22,23,27). The van der Waals surface area contributed by atoms with Crippen molar-refractivity contribution in [3.8, 4) is 11.1 Å². The molecule has 2 unspecified atom stereocenters. The highest BCUT2D eigenvalue weighted by Crippen LogP contribution is 2.35. The predicted molar refractivity (Wildman–Crippen MR) is 112 cm³/mol. The van der Waals surface area contributed by atoms with Crippen molar-refractivity contribution in [1.82, 2.24) is 14.9 Å². The highest BCUT2D eigenvalue weighted by Gasteiger charge is 2.31. The summed E-state index contributed by atoms with van der Waals surface area (Å²) < 4.78 is 0. The number of nitrogens with zero attached hydrogens (tertiary/aromatic N) is 2. The first-order valence-electron chi connectivity index (χ1n) is 9.60. The Labute approximate surface area is 167 Å². The molecule has 0 amide bonds. The number of benzene rings is 1. The van der Waals surface area contributed by atoms with Gasteiger partial charge in [0.2, 0.25) is 0 Å². The van der Waals surface area contributed by atoms with Crippen LogP contribution in [0.4, 0.5) is 0 Å². The lowest BCUT2D eigenvalue weighted by Crippen LogP contribution is -2.41. The Hall–Kier alpha value is -2.06. The van der Waals surface area contributed by atoms with Crippen LogP contribution in [0.3, 0.4) is 0 Å². The Bertz CT molecular complexity index is 1040. The molecule has 1 aliphatic heterocycles. The van der Waals surface area contributed by atoms with Gasteiger partial charge in [-0.3, -0.25) is 9.69 Å². The summed E-state index contributed by atoms with van der Waals surface area (Å²) in [4.78, 5) is 24.5. The van der Waals surface area contributed by atoms with Gasteiger partial charge in [-0.15, -0.1) is 11.3 Å². The molecule has 7 heteroatoms. The Kier molecular flexibility index (Phi) is 5.33. The van der Waals surface area contributed by atoms with Gasteiger partial charge in [-0.25, -0.2) is 4.98 Å². The van der Waals surface area contributed by atoms with Gasteiger partial charge in [0, 0.05) is 16.5 Å². The van der Waals surface area contributed by atoms with Crippen LogP contribution in [-0.4, -0.2) is 50.4 Å². The molecule has 0 radical (unpaired) electrons. The molecular weight excluding hydrogens is 374 g/mol. The van der Waals surface area contributed by atoms with Crippen LogP contribution < -0.4 is 5.56 Å². The first-order chi connectivity index (χ1) is 13.5. The van der Waals surface area contributed by atoms with Crippen LogP contribution in [0.2, 0.25) is 0 Å². The molecule has 1 aromatic carbocycles. The first-order valence-corrected chi connectivity index (χ1v) is 10.4. The van der Waals surface area contributed by atoms with Gasteiger partial charge in [0.05, 0.1) is 24.6 Å². The van der Waals surface area contributed by atoms with E-state index in [1.807, 2.05) is 38.1 Å². The Morgan fingerprint density at radius 2 is 2.07 bits per heavy atom. The number of aryl methyl sites for hydroxylation is 2. The molecule has 0 spiro atoms. The first kappa shape index (κ1) is 19.3. The lowest BCUT2D eigenvalue weighted by atomic mass is 10.0. The van der Waals surface area contributed by atoms with E-state index >= 15 is 0 Å². The van der Waals surface area contributed by atoms with Crippen molar-refractivity contribution < 1.29 is 10.2 Å². The van der Waals surface area contributed by atoms with Gasteiger partial charge in [-0.05, 0) is 38.8 Å². The van der Waals surface area contributed by atoms with Crippen molar-refractivity contribution in [1.29, 1.82) is 0 Å². The zero-order chi connectivity index (χ0) is 19.8. The maximum atomic E-state index is 12.9. The molecule has 2 aromatic heterocycles. The smallest absolute Gasteiger partial charge is 0.260 e. The summed E-state index contributed by atoms with van der Waals surface area (Å²) in [7, 11) is 0. The van der Waals surface area contributed by atoms with E-state index in [1.54, 1.807) is 0 Å². The maximum Gasteiger partial charge on any atom is 0.260 e. The van der Waals surface area contributed by atoms with Crippen LogP contribution in [0.15, 0.2) is 29.1 Å². The monoisotopic (exact) mass is 399 g/mol. The summed E-state index contributed by atoms with van der Waals surface area (Å²) in [6.07, 6.45) is 1.03. The number of H-pyrrole nitrogens is 1. The van der Waals surface area contributed by atoms with Crippen LogP contribution in [0.25, 0.3) is 21.3 Å². The number of aromatic amines is 1.